The molecule has 0 bridgehead atoms. The van der Waals surface area contributed by atoms with E-state index in [1.54, 1.807) is 41.3 Å². The van der Waals surface area contributed by atoms with Crippen molar-refractivity contribution < 1.29 is 29.3 Å². The van der Waals surface area contributed by atoms with Crippen LogP contribution in [-0.2, 0) is 11.4 Å². The first-order valence-electron chi connectivity index (χ1n) is 8.68. The van der Waals surface area contributed by atoms with Gasteiger partial charge in [-0.2, -0.15) is 0 Å². The Kier molecular flexibility index (Phi) is 4.45. The van der Waals surface area contributed by atoms with E-state index < -0.39 is 11.9 Å². The van der Waals surface area contributed by atoms with Gasteiger partial charge in [-0.05, 0) is 35.4 Å². The second-order valence-electron chi connectivity index (χ2n) is 6.73. The molecule has 2 aromatic carbocycles. The van der Waals surface area contributed by atoms with Crippen LogP contribution >= 0.6 is 0 Å². The first-order valence-corrected chi connectivity index (χ1v) is 8.68. The molecular weight excluding hydrogens is 350 g/mol. The summed E-state index contributed by atoms with van der Waals surface area (Å²) in [6.07, 6.45) is 0. The van der Waals surface area contributed by atoms with E-state index in [4.69, 9.17) is 14.6 Å². The minimum Gasteiger partial charge on any atom is -0.481 e. The van der Waals surface area contributed by atoms with E-state index in [1.165, 1.54) is 0 Å². The average Bonchev–Trinajstić information content (AvgIpc) is 3.34. The van der Waals surface area contributed by atoms with Crippen LogP contribution in [0.1, 0.15) is 27.4 Å². The van der Waals surface area contributed by atoms with Crippen LogP contribution in [0.2, 0.25) is 0 Å². The number of carbonyl (C=O) groups excluding carboxylic acids is 1. The Morgan fingerprint density at radius 3 is 2.48 bits per heavy atom. The highest BCUT2D eigenvalue weighted by Gasteiger charge is 2.41. The monoisotopic (exact) mass is 369 g/mol. The summed E-state index contributed by atoms with van der Waals surface area (Å²) < 4.78 is 10.7. The molecule has 0 unspecified atom stereocenters. The minimum absolute atomic E-state index is 0.0918. The van der Waals surface area contributed by atoms with Crippen molar-refractivity contribution in [1.82, 2.24) is 4.90 Å². The number of likely N-dealkylation sites (tertiary alicyclic amines) is 1. The number of aliphatic carboxylic acids is 1. The molecule has 2 aromatic rings. The first-order chi connectivity index (χ1) is 13.1. The molecule has 27 heavy (non-hydrogen) atoms. The summed E-state index contributed by atoms with van der Waals surface area (Å²) in [6.45, 7) is 0.526. The molecule has 2 aliphatic heterocycles. The summed E-state index contributed by atoms with van der Waals surface area (Å²) in [5.74, 6) is -0.914. The van der Waals surface area contributed by atoms with Crippen LogP contribution in [0, 0.1) is 5.92 Å². The molecule has 4 rings (SSSR count). The molecule has 0 aromatic heterocycles. The van der Waals surface area contributed by atoms with Gasteiger partial charge >= 0.3 is 5.97 Å². The first kappa shape index (κ1) is 17.4. The normalized spacial score (nSPS) is 20.7. The molecular formula is C20H19NO6. The molecule has 2 aliphatic rings. The number of carboxylic acids is 1. The summed E-state index contributed by atoms with van der Waals surface area (Å²) in [5, 5.41) is 18.8. The van der Waals surface area contributed by atoms with Gasteiger partial charge in [-0.25, -0.2) is 0 Å². The zero-order valence-corrected chi connectivity index (χ0v) is 14.5. The van der Waals surface area contributed by atoms with Crippen LogP contribution in [0.25, 0.3) is 0 Å². The van der Waals surface area contributed by atoms with E-state index in [9.17, 15) is 14.7 Å². The number of fused-ring (bicyclic) bond motifs is 1. The summed E-state index contributed by atoms with van der Waals surface area (Å²) in [5.41, 5.74) is 2.01. The number of rotatable bonds is 4. The van der Waals surface area contributed by atoms with Gasteiger partial charge in [-0.15, -0.1) is 0 Å². The third-order valence-electron chi connectivity index (χ3n) is 5.13. The number of aliphatic hydroxyl groups excluding tert-OH is 1. The highest BCUT2D eigenvalue weighted by atomic mass is 16.7. The van der Waals surface area contributed by atoms with E-state index in [1.807, 2.05) is 6.07 Å². The molecule has 1 saturated heterocycles. The predicted octanol–water partition coefficient (Wildman–Crippen LogP) is 1.85. The summed E-state index contributed by atoms with van der Waals surface area (Å²) in [4.78, 5) is 26.2. The second-order valence-corrected chi connectivity index (χ2v) is 6.73. The zero-order valence-electron chi connectivity index (χ0n) is 14.5. The van der Waals surface area contributed by atoms with Gasteiger partial charge in [-0.1, -0.05) is 18.2 Å². The van der Waals surface area contributed by atoms with Crippen molar-refractivity contribution in [2.75, 3.05) is 19.9 Å². The summed E-state index contributed by atoms with van der Waals surface area (Å²) >= 11 is 0. The number of ether oxygens (including phenoxy) is 2. The molecule has 0 aliphatic carbocycles. The lowest BCUT2D eigenvalue weighted by Crippen LogP contribution is -2.29. The molecule has 0 saturated carbocycles. The number of nitrogens with zero attached hydrogens (tertiary/aromatic N) is 1. The third kappa shape index (κ3) is 3.21. The SMILES string of the molecule is O=C(O)[C@@H]1CN(C(=O)c2ccc(CO)cc2)C[C@H]1c1ccc2c(c1)OCO2. The van der Waals surface area contributed by atoms with Crippen molar-refractivity contribution in [3.05, 3.63) is 59.2 Å². The predicted molar refractivity (Wildman–Crippen MR) is 94.7 cm³/mol. The number of amides is 1. The van der Waals surface area contributed by atoms with Gasteiger partial charge in [0.1, 0.15) is 0 Å². The highest BCUT2D eigenvalue weighted by molar-refractivity contribution is 5.95. The maximum Gasteiger partial charge on any atom is 0.308 e. The summed E-state index contributed by atoms with van der Waals surface area (Å²) in [7, 11) is 0. The molecule has 140 valence electrons. The van der Waals surface area contributed by atoms with Crippen LogP contribution in [0.15, 0.2) is 42.5 Å². The number of hydrogen-bond acceptors (Lipinski definition) is 5. The van der Waals surface area contributed by atoms with E-state index in [0.717, 1.165) is 11.1 Å². The zero-order chi connectivity index (χ0) is 19.0. The highest BCUT2D eigenvalue weighted by Crippen LogP contribution is 2.39. The van der Waals surface area contributed by atoms with Crippen LogP contribution < -0.4 is 9.47 Å². The Labute approximate surface area is 155 Å². The van der Waals surface area contributed by atoms with Gasteiger partial charge in [0.2, 0.25) is 6.79 Å². The largest absolute Gasteiger partial charge is 0.481 e. The van der Waals surface area contributed by atoms with Crippen LogP contribution in [0.4, 0.5) is 0 Å². The lowest BCUT2D eigenvalue weighted by molar-refractivity contribution is -0.141. The molecule has 7 nitrogen and oxygen atoms in total. The average molecular weight is 369 g/mol. The molecule has 0 spiro atoms. The Bertz CT molecular complexity index is 879. The summed E-state index contributed by atoms with van der Waals surface area (Å²) in [6, 6.07) is 12.1. The van der Waals surface area contributed by atoms with E-state index in [-0.39, 0.29) is 31.8 Å². The molecule has 7 heteroatoms. The fourth-order valence-corrected chi connectivity index (χ4v) is 3.64. The van der Waals surface area contributed by atoms with Crippen LogP contribution in [0.5, 0.6) is 11.5 Å². The number of carbonyl (C=O) groups is 2. The maximum atomic E-state index is 12.8. The van der Waals surface area contributed by atoms with Crippen molar-refractivity contribution in [3.63, 3.8) is 0 Å². The number of hydrogen-bond donors (Lipinski definition) is 2. The Hall–Kier alpha value is -3.06. The Balaban J connectivity index is 1.58. The molecule has 1 amide bonds. The van der Waals surface area contributed by atoms with E-state index >= 15 is 0 Å². The second kappa shape index (κ2) is 6.92. The van der Waals surface area contributed by atoms with Gasteiger partial charge in [0.05, 0.1) is 12.5 Å². The standard InChI is InChI=1S/C20H19NO6/c22-10-12-1-3-13(4-2-12)19(23)21-8-15(16(9-21)20(24)25)14-5-6-17-18(7-14)27-11-26-17/h1-7,15-16,22H,8-11H2,(H,24,25)/t15-,16+/m0/s1. The topological polar surface area (TPSA) is 96.3 Å². The third-order valence-corrected chi connectivity index (χ3v) is 5.13. The molecule has 2 atom stereocenters. The number of benzene rings is 2. The maximum absolute atomic E-state index is 12.8. The quantitative estimate of drug-likeness (QED) is 0.854. The lowest BCUT2D eigenvalue weighted by Gasteiger charge is -2.17. The molecule has 1 fully saturated rings. The molecule has 2 heterocycles. The van der Waals surface area contributed by atoms with Gasteiger partial charge < -0.3 is 24.6 Å². The van der Waals surface area contributed by atoms with Gasteiger partial charge in [0, 0.05) is 24.6 Å². The Morgan fingerprint density at radius 1 is 1.04 bits per heavy atom. The fourth-order valence-electron chi connectivity index (χ4n) is 3.64. The smallest absolute Gasteiger partial charge is 0.308 e. The van der Waals surface area contributed by atoms with Crippen molar-refractivity contribution in [2.24, 2.45) is 5.92 Å². The van der Waals surface area contributed by atoms with Gasteiger partial charge in [-0.3, -0.25) is 9.59 Å². The van der Waals surface area contributed by atoms with Crippen molar-refractivity contribution >= 4 is 11.9 Å². The molecule has 2 N–H and O–H groups in total. The van der Waals surface area contributed by atoms with Crippen LogP contribution in [0.3, 0.4) is 0 Å². The van der Waals surface area contributed by atoms with Gasteiger partial charge in [0.25, 0.3) is 5.91 Å². The number of aliphatic hydroxyl groups is 1. The van der Waals surface area contributed by atoms with E-state index in [2.05, 4.69) is 0 Å². The van der Waals surface area contributed by atoms with Crippen LogP contribution in [-0.4, -0.2) is 46.9 Å². The van der Waals surface area contributed by atoms with Crippen molar-refractivity contribution in [3.8, 4) is 11.5 Å². The van der Waals surface area contributed by atoms with Gasteiger partial charge in [0.15, 0.2) is 11.5 Å². The fraction of sp³-hybridized carbons (Fsp3) is 0.300. The minimum atomic E-state index is -0.927. The van der Waals surface area contributed by atoms with E-state index in [0.29, 0.717) is 23.6 Å². The Morgan fingerprint density at radius 2 is 1.78 bits per heavy atom. The van der Waals surface area contributed by atoms with Crippen molar-refractivity contribution in [2.45, 2.75) is 12.5 Å². The lowest BCUT2D eigenvalue weighted by atomic mass is 9.89. The van der Waals surface area contributed by atoms with Crippen molar-refractivity contribution in [1.29, 1.82) is 0 Å². The molecule has 0 radical (unpaired) electrons. The number of carboxylic acid groups (broad SMARTS) is 1.